The molecule has 96 valence electrons. The highest BCUT2D eigenvalue weighted by atomic mass is 35.5. The normalized spacial score (nSPS) is 12.7. The Hall–Kier alpha value is -0.680. The number of hydrogen-bond acceptors (Lipinski definition) is 3. The van der Waals surface area contributed by atoms with E-state index in [9.17, 15) is 4.39 Å². The number of aliphatic hydroxyl groups is 1. The lowest BCUT2D eigenvalue weighted by atomic mass is 10.1. The Morgan fingerprint density at radius 1 is 1.41 bits per heavy atom. The predicted molar refractivity (Wildman–Crippen MR) is 67.5 cm³/mol. The molecule has 4 N–H and O–H groups in total. The zero-order valence-electron chi connectivity index (χ0n) is 9.63. The van der Waals surface area contributed by atoms with Crippen LogP contribution in [0.2, 0.25) is 5.02 Å². The Labute approximate surface area is 106 Å². The van der Waals surface area contributed by atoms with Crippen molar-refractivity contribution < 1.29 is 9.50 Å². The van der Waals surface area contributed by atoms with E-state index in [1.54, 1.807) is 12.1 Å². The average molecular weight is 261 g/mol. The van der Waals surface area contributed by atoms with Gasteiger partial charge in [-0.2, -0.15) is 0 Å². The lowest BCUT2D eigenvalue weighted by molar-refractivity contribution is 0.282. The molecule has 1 aromatic carbocycles. The summed E-state index contributed by atoms with van der Waals surface area (Å²) in [6.07, 6.45) is 1.57. The number of aliphatic hydroxyl groups excluding tert-OH is 1. The topological polar surface area (TPSA) is 58.3 Å². The van der Waals surface area contributed by atoms with Crippen molar-refractivity contribution in [2.24, 2.45) is 5.73 Å². The first-order chi connectivity index (χ1) is 8.19. The highest BCUT2D eigenvalue weighted by Gasteiger charge is 2.13. The van der Waals surface area contributed by atoms with Crippen molar-refractivity contribution in [1.29, 1.82) is 0 Å². The van der Waals surface area contributed by atoms with Crippen LogP contribution >= 0.6 is 11.6 Å². The summed E-state index contributed by atoms with van der Waals surface area (Å²) in [5, 5.41) is 12.2. The molecule has 0 saturated heterocycles. The van der Waals surface area contributed by atoms with E-state index in [2.05, 4.69) is 5.32 Å². The fraction of sp³-hybridized carbons (Fsp3) is 0.500. The Balaban J connectivity index is 2.59. The Bertz CT molecular complexity index is 349. The van der Waals surface area contributed by atoms with Crippen LogP contribution in [0.5, 0.6) is 0 Å². The largest absolute Gasteiger partial charge is 0.396 e. The van der Waals surface area contributed by atoms with E-state index in [4.69, 9.17) is 22.4 Å². The Kier molecular flexibility index (Phi) is 6.44. The molecular weight excluding hydrogens is 243 g/mol. The highest BCUT2D eigenvalue weighted by molar-refractivity contribution is 6.30. The summed E-state index contributed by atoms with van der Waals surface area (Å²) in [6.45, 7) is 1.19. The van der Waals surface area contributed by atoms with Gasteiger partial charge in [0, 0.05) is 29.8 Å². The van der Waals surface area contributed by atoms with Gasteiger partial charge in [0.15, 0.2) is 0 Å². The van der Waals surface area contributed by atoms with Gasteiger partial charge in [0.25, 0.3) is 0 Å². The molecule has 5 heteroatoms. The van der Waals surface area contributed by atoms with Crippen LogP contribution in [0.4, 0.5) is 4.39 Å². The second-order valence-electron chi connectivity index (χ2n) is 3.84. The molecule has 0 aliphatic carbocycles. The summed E-state index contributed by atoms with van der Waals surface area (Å²) in [6, 6.07) is 4.37. The Morgan fingerprint density at radius 3 is 2.76 bits per heavy atom. The quantitative estimate of drug-likeness (QED) is 0.656. The molecule has 0 heterocycles. The SMILES string of the molecule is NCC(NCCCCO)c1ccc(Cl)cc1F. The van der Waals surface area contributed by atoms with Crippen LogP contribution < -0.4 is 11.1 Å². The van der Waals surface area contributed by atoms with Gasteiger partial charge in [-0.1, -0.05) is 17.7 Å². The molecular formula is C12H18ClFN2O. The van der Waals surface area contributed by atoms with E-state index in [0.717, 1.165) is 12.8 Å². The lowest BCUT2D eigenvalue weighted by Gasteiger charge is -2.18. The molecule has 17 heavy (non-hydrogen) atoms. The van der Waals surface area contributed by atoms with Crippen LogP contribution in [0.3, 0.4) is 0 Å². The highest BCUT2D eigenvalue weighted by Crippen LogP contribution is 2.20. The average Bonchev–Trinajstić information content (AvgIpc) is 2.31. The van der Waals surface area contributed by atoms with Gasteiger partial charge in [0.2, 0.25) is 0 Å². The van der Waals surface area contributed by atoms with Crippen molar-refractivity contribution in [3.8, 4) is 0 Å². The summed E-state index contributed by atoms with van der Waals surface area (Å²) in [5.41, 5.74) is 6.14. The molecule has 0 spiro atoms. The van der Waals surface area contributed by atoms with Crippen LogP contribution in [-0.4, -0.2) is 24.8 Å². The van der Waals surface area contributed by atoms with Crippen molar-refractivity contribution in [2.75, 3.05) is 19.7 Å². The molecule has 0 aromatic heterocycles. The standard InChI is InChI=1S/C12H18ClFN2O/c13-9-3-4-10(11(14)7-9)12(8-15)16-5-1-2-6-17/h3-4,7,12,16-17H,1-2,5-6,8,15H2. The van der Waals surface area contributed by atoms with Crippen LogP contribution in [0.25, 0.3) is 0 Å². The molecule has 0 bridgehead atoms. The van der Waals surface area contributed by atoms with Gasteiger partial charge in [-0.3, -0.25) is 0 Å². The maximum Gasteiger partial charge on any atom is 0.129 e. The van der Waals surface area contributed by atoms with Crippen molar-refractivity contribution in [3.05, 3.63) is 34.6 Å². The van der Waals surface area contributed by atoms with Crippen molar-refractivity contribution >= 4 is 11.6 Å². The van der Waals surface area contributed by atoms with Gasteiger partial charge in [-0.05, 0) is 31.5 Å². The first kappa shape index (κ1) is 14.4. The summed E-state index contributed by atoms with van der Waals surface area (Å²) in [7, 11) is 0. The van der Waals surface area contributed by atoms with E-state index in [1.165, 1.54) is 6.07 Å². The minimum atomic E-state index is -0.345. The molecule has 1 rings (SSSR count). The van der Waals surface area contributed by atoms with Gasteiger partial charge in [0.05, 0.1) is 0 Å². The number of rotatable bonds is 7. The number of nitrogens with one attached hydrogen (secondary N) is 1. The van der Waals surface area contributed by atoms with Crippen molar-refractivity contribution in [1.82, 2.24) is 5.32 Å². The van der Waals surface area contributed by atoms with E-state index in [1.807, 2.05) is 0 Å². The van der Waals surface area contributed by atoms with Gasteiger partial charge in [-0.25, -0.2) is 4.39 Å². The zero-order valence-corrected chi connectivity index (χ0v) is 10.4. The number of unbranched alkanes of at least 4 members (excludes halogenated alkanes) is 1. The lowest BCUT2D eigenvalue weighted by Crippen LogP contribution is -2.29. The number of benzene rings is 1. The first-order valence-corrected chi connectivity index (χ1v) is 6.06. The number of nitrogens with two attached hydrogens (primary N) is 1. The summed E-state index contributed by atoms with van der Waals surface area (Å²) >= 11 is 5.69. The minimum Gasteiger partial charge on any atom is -0.396 e. The molecule has 0 amide bonds. The monoisotopic (exact) mass is 260 g/mol. The Morgan fingerprint density at radius 2 is 2.18 bits per heavy atom. The van der Waals surface area contributed by atoms with Crippen molar-refractivity contribution in [2.45, 2.75) is 18.9 Å². The van der Waals surface area contributed by atoms with E-state index in [0.29, 0.717) is 23.7 Å². The molecule has 0 aliphatic rings. The minimum absolute atomic E-state index is 0.171. The van der Waals surface area contributed by atoms with Gasteiger partial charge < -0.3 is 16.2 Å². The zero-order chi connectivity index (χ0) is 12.7. The molecule has 1 aromatic rings. The smallest absolute Gasteiger partial charge is 0.129 e. The fourth-order valence-corrected chi connectivity index (χ4v) is 1.78. The molecule has 0 fully saturated rings. The summed E-state index contributed by atoms with van der Waals surface area (Å²) < 4.78 is 13.6. The number of halogens is 2. The van der Waals surface area contributed by atoms with Crippen LogP contribution in [0.15, 0.2) is 18.2 Å². The maximum atomic E-state index is 13.6. The van der Waals surface area contributed by atoms with Gasteiger partial charge >= 0.3 is 0 Å². The van der Waals surface area contributed by atoms with Crippen molar-refractivity contribution in [3.63, 3.8) is 0 Å². The van der Waals surface area contributed by atoms with Crippen LogP contribution in [0.1, 0.15) is 24.4 Å². The second kappa shape index (κ2) is 7.61. The summed E-state index contributed by atoms with van der Waals surface area (Å²) in [5.74, 6) is -0.345. The second-order valence-corrected chi connectivity index (χ2v) is 4.28. The van der Waals surface area contributed by atoms with E-state index in [-0.39, 0.29) is 18.5 Å². The van der Waals surface area contributed by atoms with E-state index < -0.39 is 0 Å². The van der Waals surface area contributed by atoms with Gasteiger partial charge in [0.1, 0.15) is 5.82 Å². The predicted octanol–water partition coefficient (Wildman–Crippen LogP) is 1.84. The maximum absolute atomic E-state index is 13.6. The molecule has 3 nitrogen and oxygen atoms in total. The fourth-order valence-electron chi connectivity index (χ4n) is 1.62. The first-order valence-electron chi connectivity index (χ1n) is 5.68. The third-order valence-corrected chi connectivity index (χ3v) is 2.78. The molecule has 1 unspecified atom stereocenters. The van der Waals surface area contributed by atoms with Crippen LogP contribution in [-0.2, 0) is 0 Å². The van der Waals surface area contributed by atoms with Crippen LogP contribution in [0, 0.1) is 5.82 Å². The molecule has 0 aliphatic heterocycles. The molecule has 0 saturated carbocycles. The molecule has 0 radical (unpaired) electrons. The molecule has 1 atom stereocenters. The van der Waals surface area contributed by atoms with E-state index >= 15 is 0 Å². The van der Waals surface area contributed by atoms with Gasteiger partial charge in [-0.15, -0.1) is 0 Å². The third-order valence-electron chi connectivity index (χ3n) is 2.55. The third kappa shape index (κ3) is 4.60. The number of hydrogen-bond donors (Lipinski definition) is 3. The summed E-state index contributed by atoms with van der Waals surface area (Å²) in [4.78, 5) is 0.